The molecular weight excluding hydrogens is 274 g/mol. The largest absolute Gasteiger partial charge is 0.497 e. The summed E-state index contributed by atoms with van der Waals surface area (Å²) in [4.78, 5) is 0. The molecular formula is C19H17NO2. The van der Waals surface area contributed by atoms with E-state index < -0.39 is 5.60 Å². The number of ether oxygens (including phenoxy) is 1. The Morgan fingerprint density at radius 1 is 0.864 bits per heavy atom. The second-order valence-electron chi connectivity index (χ2n) is 5.25. The highest BCUT2D eigenvalue weighted by atomic mass is 16.5. The predicted octanol–water partition coefficient (Wildman–Crippen LogP) is 3.70. The molecule has 0 saturated carbocycles. The normalized spacial score (nSPS) is 20.2. The van der Waals surface area contributed by atoms with E-state index in [1.165, 1.54) is 0 Å². The lowest BCUT2D eigenvalue weighted by atomic mass is 9.88. The zero-order valence-corrected chi connectivity index (χ0v) is 12.3. The first-order valence-electron chi connectivity index (χ1n) is 7.05. The summed E-state index contributed by atoms with van der Waals surface area (Å²) in [6.07, 6.45) is 6.49. The van der Waals surface area contributed by atoms with Crippen LogP contribution >= 0.6 is 0 Å². The quantitative estimate of drug-likeness (QED) is 0.906. The molecule has 2 aromatic rings. The highest BCUT2D eigenvalue weighted by Crippen LogP contribution is 2.29. The van der Waals surface area contributed by atoms with Crippen LogP contribution in [0.15, 0.2) is 72.8 Å². The summed E-state index contributed by atoms with van der Waals surface area (Å²) in [6.45, 7) is 0. The first kappa shape index (κ1) is 14.3. The number of methoxy groups -OCH3 is 1. The molecule has 3 heteroatoms. The molecule has 0 radical (unpaired) electrons. The molecule has 3 rings (SSSR count). The van der Waals surface area contributed by atoms with Gasteiger partial charge >= 0.3 is 0 Å². The van der Waals surface area contributed by atoms with Crippen LogP contribution in [0.4, 0.5) is 0 Å². The molecule has 0 bridgehead atoms. The molecule has 0 unspecified atom stereocenters. The Kier molecular flexibility index (Phi) is 3.65. The Hall–Kier alpha value is -2.65. The van der Waals surface area contributed by atoms with Crippen molar-refractivity contribution >= 4 is 5.71 Å². The lowest BCUT2D eigenvalue weighted by Gasteiger charge is -2.23. The molecule has 0 atom stereocenters. The molecule has 0 fully saturated rings. The fraction of sp³-hybridized carbons (Fsp3) is 0.105. The molecule has 0 saturated heterocycles. The van der Waals surface area contributed by atoms with Crippen molar-refractivity contribution in [1.29, 1.82) is 5.41 Å². The van der Waals surface area contributed by atoms with Gasteiger partial charge in [-0.25, -0.2) is 0 Å². The van der Waals surface area contributed by atoms with Gasteiger partial charge in [0.1, 0.15) is 11.4 Å². The van der Waals surface area contributed by atoms with Crippen LogP contribution in [0.5, 0.6) is 5.75 Å². The second-order valence-corrected chi connectivity index (χ2v) is 5.25. The van der Waals surface area contributed by atoms with Gasteiger partial charge in [-0.05, 0) is 53.1 Å². The molecule has 2 N–H and O–H groups in total. The summed E-state index contributed by atoms with van der Waals surface area (Å²) in [7, 11) is 1.65. The summed E-state index contributed by atoms with van der Waals surface area (Å²) >= 11 is 0. The summed E-state index contributed by atoms with van der Waals surface area (Å²) in [5.41, 5.74) is 2.20. The number of rotatable bonds is 3. The van der Waals surface area contributed by atoms with Crippen molar-refractivity contribution in [3.63, 3.8) is 0 Å². The van der Waals surface area contributed by atoms with Crippen molar-refractivity contribution in [3.05, 3.63) is 78.4 Å². The number of nitrogens with one attached hydrogen (secondary N) is 1. The van der Waals surface area contributed by atoms with E-state index in [0.717, 1.165) is 22.4 Å². The van der Waals surface area contributed by atoms with Crippen LogP contribution in [0.2, 0.25) is 0 Å². The Bertz CT molecular complexity index is 724. The van der Waals surface area contributed by atoms with Crippen molar-refractivity contribution < 1.29 is 9.84 Å². The van der Waals surface area contributed by atoms with Gasteiger partial charge in [-0.15, -0.1) is 0 Å². The molecule has 3 nitrogen and oxygen atoms in total. The van der Waals surface area contributed by atoms with Crippen molar-refractivity contribution in [2.24, 2.45) is 0 Å². The van der Waals surface area contributed by atoms with Crippen molar-refractivity contribution in [2.75, 3.05) is 7.11 Å². The zero-order valence-electron chi connectivity index (χ0n) is 12.3. The Balaban J connectivity index is 1.88. The Labute approximate surface area is 129 Å². The van der Waals surface area contributed by atoms with Crippen LogP contribution in [0, 0.1) is 5.41 Å². The van der Waals surface area contributed by atoms with Crippen LogP contribution < -0.4 is 4.74 Å². The Morgan fingerprint density at radius 3 is 1.86 bits per heavy atom. The molecule has 0 heterocycles. The van der Waals surface area contributed by atoms with E-state index in [9.17, 15) is 5.11 Å². The monoisotopic (exact) mass is 291 g/mol. The summed E-state index contributed by atoms with van der Waals surface area (Å²) < 4.78 is 5.16. The van der Waals surface area contributed by atoms with Crippen LogP contribution in [0.3, 0.4) is 0 Å². The van der Waals surface area contributed by atoms with E-state index in [1.54, 1.807) is 31.4 Å². The maximum Gasteiger partial charge on any atom is 0.127 e. The number of hydrogen-bond donors (Lipinski definition) is 2. The van der Waals surface area contributed by atoms with E-state index in [-0.39, 0.29) is 0 Å². The molecule has 0 aliphatic heterocycles. The third-order valence-electron chi connectivity index (χ3n) is 3.80. The molecule has 1 aliphatic carbocycles. The van der Waals surface area contributed by atoms with Crippen molar-refractivity contribution in [2.45, 2.75) is 5.60 Å². The minimum atomic E-state index is -1.14. The summed E-state index contributed by atoms with van der Waals surface area (Å²) in [5.74, 6) is 0.828. The van der Waals surface area contributed by atoms with Gasteiger partial charge in [-0.2, -0.15) is 0 Å². The number of aliphatic hydroxyl groups is 1. The highest BCUT2D eigenvalue weighted by molar-refractivity contribution is 6.02. The zero-order chi connectivity index (χ0) is 15.6. The molecule has 22 heavy (non-hydrogen) atoms. The molecule has 0 aromatic heterocycles. The van der Waals surface area contributed by atoms with Crippen molar-refractivity contribution in [1.82, 2.24) is 0 Å². The third-order valence-corrected chi connectivity index (χ3v) is 3.80. The fourth-order valence-electron chi connectivity index (χ4n) is 2.45. The van der Waals surface area contributed by atoms with Crippen molar-refractivity contribution in [3.8, 4) is 16.9 Å². The molecule has 1 aliphatic rings. The summed E-state index contributed by atoms with van der Waals surface area (Å²) in [5, 5.41) is 18.1. The van der Waals surface area contributed by atoms with Crippen LogP contribution in [-0.2, 0) is 5.60 Å². The van der Waals surface area contributed by atoms with E-state index in [1.807, 2.05) is 48.5 Å². The van der Waals surface area contributed by atoms with Gasteiger partial charge in [0.15, 0.2) is 0 Å². The number of benzene rings is 2. The van der Waals surface area contributed by atoms with Gasteiger partial charge in [0.25, 0.3) is 0 Å². The van der Waals surface area contributed by atoms with E-state index in [4.69, 9.17) is 10.1 Å². The predicted molar refractivity (Wildman–Crippen MR) is 88.3 cm³/mol. The molecule has 110 valence electrons. The lowest BCUT2D eigenvalue weighted by Crippen LogP contribution is -2.22. The van der Waals surface area contributed by atoms with E-state index in [0.29, 0.717) is 5.71 Å². The Morgan fingerprint density at radius 2 is 1.36 bits per heavy atom. The minimum Gasteiger partial charge on any atom is -0.497 e. The van der Waals surface area contributed by atoms with Gasteiger partial charge in [-0.1, -0.05) is 36.4 Å². The number of hydrogen-bond acceptors (Lipinski definition) is 3. The number of allylic oxidation sites excluding steroid dienone is 2. The average Bonchev–Trinajstić information content (AvgIpc) is 2.58. The van der Waals surface area contributed by atoms with Gasteiger partial charge in [0, 0.05) is 0 Å². The maximum absolute atomic E-state index is 10.6. The van der Waals surface area contributed by atoms with Gasteiger partial charge in [0.2, 0.25) is 0 Å². The first-order chi connectivity index (χ1) is 10.6. The maximum atomic E-state index is 10.6. The smallest absolute Gasteiger partial charge is 0.127 e. The molecule has 2 aromatic carbocycles. The van der Waals surface area contributed by atoms with Crippen LogP contribution in [0.1, 0.15) is 5.56 Å². The standard InChI is InChI=1S/C19H17NO2/c1-22-18-8-4-15(5-9-18)14-2-6-16(7-3-14)19(21)12-10-17(20)11-13-19/h2-13,20-21H,1H3. The highest BCUT2D eigenvalue weighted by Gasteiger charge is 2.24. The van der Waals surface area contributed by atoms with Gasteiger partial charge in [0.05, 0.1) is 12.8 Å². The van der Waals surface area contributed by atoms with E-state index in [2.05, 4.69) is 0 Å². The third kappa shape index (κ3) is 2.71. The summed E-state index contributed by atoms with van der Waals surface area (Å²) in [6, 6.07) is 15.6. The van der Waals surface area contributed by atoms with E-state index >= 15 is 0 Å². The van der Waals surface area contributed by atoms with Gasteiger partial charge < -0.3 is 15.3 Å². The van der Waals surface area contributed by atoms with Gasteiger partial charge in [-0.3, -0.25) is 0 Å². The molecule has 0 spiro atoms. The lowest BCUT2D eigenvalue weighted by molar-refractivity contribution is 0.143. The average molecular weight is 291 g/mol. The SMILES string of the molecule is COc1ccc(-c2ccc(C3(O)C=CC(=N)C=C3)cc2)cc1. The van der Waals surface area contributed by atoms with Crippen LogP contribution in [0.25, 0.3) is 11.1 Å². The minimum absolute atomic E-state index is 0.388. The molecule has 0 amide bonds. The second kappa shape index (κ2) is 5.62. The van der Waals surface area contributed by atoms with Crippen LogP contribution in [-0.4, -0.2) is 17.9 Å². The topological polar surface area (TPSA) is 53.3 Å². The first-order valence-corrected chi connectivity index (χ1v) is 7.05. The fourth-order valence-corrected chi connectivity index (χ4v) is 2.45.